The van der Waals surface area contributed by atoms with E-state index in [9.17, 15) is 4.79 Å². The van der Waals surface area contributed by atoms with E-state index in [1.165, 1.54) is 12.2 Å². The van der Waals surface area contributed by atoms with Crippen molar-refractivity contribution >= 4 is 23.6 Å². The Morgan fingerprint density at radius 3 is 2.52 bits per heavy atom. The number of aliphatic imine (C=N–C) groups is 1. The fourth-order valence-corrected chi connectivity index (χ4v) is 5.22. The van der Waals surface area contributed by atoms with Gasteiger partial charge in [0.05, 0.1) is 31.8 Å². The van der Waals surface area contributed by atoms with E-state index in [1.807, 2.05) is 42.5 Å². The smallest absolute Gasteiger partial charge is 0.242 e. The van der Waals surface area contributed by atoms with Crippen molar-refractivity contribution in [3.63, 3.8) is 0 Å². The molecule has 0 radical (unpaired) electrons. The number of nitrogens with zero attached hydrogens (tertiary/aromatic N) is 4. The van der Waals surface area contributed by atoms with E-state index in [4.69, 9.17) is 9.73 Å². The summed E-state index contributed by atoms with van der Waals surface area (Å²) in [7, 11) is 1.95. The highest BCUT2D eigenvalue weighted by atomic mass is 32.2. The second-order valence-electron chi connectivity index (χ2n) is 7.22. The predicted octanol–water partition coefficient (Wildman–Crippen LogP) is 0.960. The zero-order valence-corrected chi connectivity index (χ0v) is 18.3. The predicted molar refractivity (Wildman–Crippen MR) is 114 cm³/mol. The molecule has 2 aliphatic rings. The molecule has 2 heterocycles. The van der Waals surface area contributed by atoms with E-state index in [2.05, 4.69) is 17.1 Å². The van der Waals surface area contributed by atoms with E-state index >= 15 is 0 Å². The lowest BCUT2D eigenvalue weighted by Gasteiger charge is -2.42. The summed E-state index contributed by atoms with van der Waals surface area (Å²) in [6, 6.07) is 0. The number of ether oxygens (including phenoxy) is 1. The maximum absolute atomic E-state index is 12.5. The summed E-state index contributed by atoms with van der Waals surface area (Å²) < 4.78 is 5.55. The SMILES string of the molecule is CCNC(=NCC1(N2CCOCC2)CCSC1)N(C)CC(=O)N(CC)CC. The van der Waals surface area contributed by atoms with E-state index < -0.39 is 0 Å². The number of guanidine groups is 1. The Morgan fingerprint density at radius 2 is 1.96 bits per heavy atom. The van der Waals surface area contributed by atoms with Crippen LogP contribution in [0.15, 0.2) is 4.99 Å². The second kappa shape index (κ2) is 11.1. The molecule has 0 aliphatic carbocycles. The molecule has 0 spiro atoms. The number of morpholine rings is 1. The Kier molecular flexibility index (Phi) is 9.18. The van der Waals surface area contributed by atoms with Gasteiger partial charge in [-0.2, -0.15) is 11.8 Å². The molecule has 27 heavy (non-hydrogen) atoms. The molecular weight excluding hydrogens is 362 g/mol. The molecular formula is C19H37N5O2S. The van der Waals surface area contributed by atoms with Gasteiger partial charge in [-0.25, -0.2) is 0 Å². The lowest BCUT2D eigenvalue weighted by molar-refractivity contribution is -0.131. The van der Waals surface area contributed by atoms with Gasteiger partial charge in [-0.05, 0) is 32.9 Å². The Bertz CT molecular complexity index is 486. The van der Waals surface area contributed by atoms with Crippen LogP contribution in [0.4, 0.5) is 0 Å². The van der Waals surface area contributed by atoms with Crippen LogP contribution in [0.1, 0.15) is 27.2 Å². The van der Waals surface area contributed by atoms with Crippen molar-refractivity contribution in [1.82, 2.24) is 20.0 Å². The van der Waals surface area contributed by atoms with Crippen molar-refractivity contribution in [3.8, 4) is 0 Å². The van der Waals surface area contributed by atoms with Gasteiger partial charge >= 0.3 is 0 Å². The van der Waals surface area contributed by atoms with Crippen LogP contribution in [0.5, 0.6) is 0 Å². The summed E-state index contributed by atoms with van der Waals surface area (Å²) >= 11 is 2.02. The van der Waals surface area contributed by atoms with Crippen LogP contribution in [0.25, 0.3) is 0 Å². The third kappa shape index (κ3) is 5.99. The maximum Gasteiger partial charge on any atom is 0.242 e. The summed E-state index contributed by atoms with van der Waals surface area (Å²) in [5, 5.41) is 3.36. The van der Waals surface area contributed by atoms with Gasteiger partial charge in [0, 0.05) is 45.5 Å². The Hall–Kier alpha value is -0.990. The number of nitrogens with one attached hydrogen (secondary N) is 1. The Balaban J connectivity index is 2.06. The standard InChI is InChI=1S/C19H37N5O2S/c1-5-20-18(22(4)14-17(25)23(6-2)7-3)21-15-19(8-13-27-16-19)24-9-11-26-12-10-24/h5-16H2,1-4H3,(H,20,21). The molecule has 2 saturated heterocycles. The molecule has 1 unspecified atom stereocenters. The van der Waals surface area contributed by atoms with Crippen molar-refractivity contribution in [2.45, 2.75) is 32.7 Å². The van der Waals surface area contributed by atoms with Crippen molar-refractivity contribution in [2.75, 3.05) is 77.6 Å². The fraction of sp³-hybridized carbons (Fsp3) is 0.895. The average molecular weight is 400 g/mol. The zero-order chi connectivity index (χ0) is 19.7. The first-order valence-corrected chi connectivity index (χ1v) is 11.4. The summed E-state index contributed by atoms with van der Waals surface area (Å²) in [6.45, 7) is 13.1. The number of rotatable bonds is 8. The summed E-state index contributed by atoms with van der Waals surface area (Å²) in [6.07, 6.45) is 1.17. The van der Waals surface area contributed by atoms with Gasteiger partial charge in [0.15, 0.2) is 5.96 Å². The van der Waals surface area contributed by atoms with Crippen LogP contribution >= 0.6 is 11.8 Å². The highest BCUT2D eigenvalue weighted by Crippen LogP contribution is 2.34. The minimum atomic E-state index is 0.124. The minimum Gasteiger partial charge on any atom is -0.379 e. The molecule has 2 fully saturated rings. The van der Waals surface area contributed by atoms with Crippen molar-refractivity contribution in [1.29, 1.82) is 0 Å². The quantitative estimate of drug-likeness (QED) is 0.485. The largest absolute Gasteiger partial charge is 0.379 e. The monoisotopic (exact) mass is 399 g/mol. The Morgan fingerprint density at radius 1 is 1.26 bits per heavy atom. The lowest BCUT2D eigenvalue weighted by Crippen LogP contribution is -2.56. The van der Waals surface area contributed by atoms with E-state index in [0.29, 0.717) is 6.54 Å². The average Bonchev–Trinajstić information content (AvgIpc) is 3.17. The molecule has 0 aromatic heterocycles. The van der Waals surface area contributed by atoms with Crippen molar-refractivity contribution < 1.29 is 9.53 Å². The third-order valence-electron chi connectivity index (χ3n) is 5.47. The van der Waals surface area contributed by atoms with Gasteiger partial charge in [-0.3, -0.25) is 14.7 Å². The maximum atomic E-state index is 12.5. The fourth-order valence-electron chi connectivity index (χ4n) is 3.75. The molecule has 0 saturated carbocycles. The number of amides is 1. The Labute approximate surface area is 168 Å². The lowest BCUT2D eigenvalue weighted by atomic mass is 9.96. The van der Waals surface area contributed by atoms with Gasteiger partial charge in [0.2, 0.25) is 5.91 Å². The van der Waals surface area contributed by atoms with E-state index in [-0.39, 0.29) is 11.4 Å². The molecule has 2 rings (SSSR count). The molecule has 1 atom stereocenters. The second-order valence-corrected chi connectivity index (χ2v) is 8.32. The summed E-state index contributed by atoms with van der Waals surface area (Å²) in [5.74, 6) is 3.28. The van der Waals surface area contributed by atoms with Crippen LogP contribution in [-0.4, -0.2) is 110 Å². The number of thioether (sulfide) groups is 1. The first kappa shape index (κ1) is 22.3. The number of carbonyl (C=O) groups excluding carboxylic acids is 1. The van der Waals surface area contributed by atoms with Gasteiger partial charge in [-0.1, -0.05) is 0 Å². The molecule has 2 aliphatic heterocycles. The minimum absolute atomic E-state index is 0.124. The zero-order valence-electron chi connectivity index (χ0n) is 17.5. The molecule has 156 valence electrons. The van der Waals surface area contributed by atoms with Gasteiger partial charge in [0.1, 0.15) is 0 Å². The number of hydrogen-bond acceptors (Lipinski definition) is 5. The van der Waals surface area contributed by atoms with E-state index in [1.54, 1.807) is 0 Å². The van der Waals surface area contributed by atoms with Crippen molar-refractivity contribution in [3.05, 3.63) is 0 Å². The van der Waals surface area contributed by atoms with Crippen LogP contribution in [-0.2, 0) is 9.53 Å². The number of carbonyl (C=O) groups is 1. The number of likely N-dealkylation sites (N-methyl/N-ethyl adjacent to an activating group) is 2. The number of hydrogen-bond donors (Lipinski definition) is 1. The van der Waals surface area contributed by atoms with Gasteiger partial charge < -0.3 is 19.9 Å². The van der Waals surface area contributed by atoms with Crippen LogP contribution in [0.2, 0.25) is 0 Å². The first-order chi connectivity index (χ1) is 13.1. The molecule has 0 aromatic rings. The van der Waals surface area contributed by atoms with Crippen LogP contribution in [0, 0.1) is 0 Å². The molecule has 1 amide bonds. The van der Waals surface area contributed by atoms with E-state index in [0.717, 1.165) is 64.2 Å². The molecule has 0 aromatic carbocycles. The summed E-state index contributed by atoms with van der Waals surface area (Å²) in [5.41, 5.74) is 0.124. The van der Waals surface area contributed by atoms with Crippen LogP contribution < -0.4 is 5.32 Å². The normalized spacial score (nSPS) is 24.1. The van der Waals surface area contributed by atoms with Gasteiger partial charge in [-0.15, -0.1) is 0 Å². The highest BCUT2D eigenvalue weighted by molar-refractivity contribution is 7.99. The summed E-state index contributed by atoms with van der Waals surface area (Å²) in [4.78, 5) is 23.8. The topological polar surface area (TPSA) is 60.4 Å². The van der Waals surface area contributed by atoms with Gasteiger partial charge in [0.25, 0.3) is 0 Å². The highest BCUT2D eigenvalue weighted by Gasteiger charge is 2.40. The third-order valence-corrected chi connectivity index (χ3v) is 6.71. The van der Waals surface area contributed by atoms with Crippen LogP contribution in [0.3, 0.4) is 0 Å². The molecule has 1 N–H and O–H groups in total. The molecule has 7 nitrogen and oxygen atoms in total. The first-order valence-electron chi connectivity index (χ1n) is 10.2. The van der Waals surface area contributed by atoms with Crippen molar-refractivity contribution in [2.24, 2.45) is 4.99 Å². The molecule has 8 heteroatoms. The molecule has 0 bridgehead atoms.